The molecule has 0 saturated carbocycles. The van der Waals surface area contributed by atoms with Gasteiger partial charge in [-0.3, -0.25) is 0 Å². The fourth-order valence-corrected chi connectivity index (χ4v) is 4.64. The highest BCUT2D eigenvalue weighted by atomic mass is 127. The van der Waals surface area contributed by atoms with E-state index >= 15 is 0 Å². The molecule has 1 heterocycles. The van der Waals surface area contributed by atoms with E-state index in [1.165, 1.54) is 3.57 Å². The van der Waals surface area contributed by atoms with Crippen molar-refractivity contribution in [2.24, 2.45) is 0 Å². The monoisotopic (exact) mass is 490 g/mol. The number of rotatable bonds is 2. The number of alkyl halides is 1. The molecule has 1 unspecified atom stereocenters. The molecule has 0 spiro atoms. The minimum atomic E-state index is -0.113. The fourth-order valence-electron chi connectivity index (χ4n) is 1.34. The van der Waals surface area contributed by atoms with Gasteiger partial charge in [-0.1, -0.05) is 15.9 Å². The summed E-state index contributed by atoms with van der Waals surface area (Å²) in [7, 11) is 0. The summed E-state index contributed by atoms with van der Waals surface area (Å²) in [5, 5.41) is 1.93. The lowest BCUT2D eigenvalue weighted by Gasteiger charge is -2.11. The van der Waals surface area contributed by atoms with Crippen LogP contribution in [0.5, 0.6) is 0 Å². The van der Waals surface area contributed by atoms with Crippen LogP contribution in [-0.4, -0.2) is 0 Å². The van der Waals surface area contributed by atoms with Crippen molar-refractivity contribution in [1.29, 1.82) is 0 Å². The van der Waals surface area contributed by atoms with Crippen LogP contribution in [0.4, 0.5) is 0 Å². The Balaban J connectivity index is 2.45. The molecule has 0 fully saturated rings. The van der Waals surface area contributed by atoms with Crippen LogP contribution in [0.3, 0.4) is 0 Å². The van der Waals surface area contributed by atoms with Crippen LogP contribution in [0, 0.1) is 3.57 Å². The molecule has 0 aliphatic rings. The van der Waals surface area contributed by atoms with Gasteiger partial charge in [0, 0.05) is 17.4 Å². The third-order valence-corrected chi connectivity index (χ3v) is 6.02. The zero-order valence-electron chi connectivity index (χ0n) is 7.88. The van der Waals surface area contributed by atoms with Crippen molar-refractivity contribution in [2.45, 2.75) is 5.38 Å². The Hall–Kier alpha value is 0.900. The lowest BCUT2D eigenvalue weighted by molar-refractivity contribution is 1.16. The molecule has 0 aliphatic heterocycles. The van der Waals surface area contributed by atoms with E-state index in [1.54, 1.807) is 11.3 Å². The second-order valence-corrected chi connectivity index (χ2v) is 7.50. The van der Waals surface area contributed by atoms with Crippen molar-refractivity contribution in [2.75, 3.05) is 0 Å². The van der Waals surface area contributed by atoms with Crippen molar-refractivity contribution < 1.29 is 0 Å². The lowest BCUT2D eigenvalue weighted by Crippen LogP contribution is -1.93. The van der Waals surface area contributed by atoms with E-state index in [-0.39, 0.29) is 5.38 Å². The van der Waals surface area contributed by atoms with Gasteiger partial charge in [0.2, 0.25) is 0 Å². The molecule has 5 heteroatoms. The number of thiophene rings is 1. The van der Waals surface area contributed by atoms with Crippen molar-refractivity contribution in [3.05, 3.63) is 52.6 Å². The first-order valence-corrected chi connectivity index (χ1v) is 8.39. The summed E-state index contributed by atoms with van der Waals surface area (Å²) in [4.78, 5) is 1.14. The molecule has 0 amide bonds. The third-order valence-electron chi connectivity index (χ3n) is 2.11. The van der Waals surface area contributed by atoms with Crippen LogP contribution in [0.1, 0.15) is 15.8 Å². The molecule has 0 bridgehead atoms. The Morgan fingerprint density at radius 1 is 1.19 bits per heavy atom. The van der Waals surface area contributed by atoms with Crippen molar-refractivity contribution in [3.63, 3.8) is 0 Å². The summed E-state index contributed by atoms with van der Waals surface area (Å²) in [6, 6.07) is 8.22. The van der Waals surface area contributed by atoms with E-state index in [1.807, 2.05) is 17.5 Å². The molecule has 0 saturated heterocycles. The quantitative estimate of drug-likeness (QED) is 0.346. The van der Waals surface area contributed by atoms with Crippen LogP contribution in [-0.2, 0) is 0 Å². The van der Waals surface area contributed by atoms with E-state index in [2.05, 4.69) is 66.6 Å². The van der Waals surface area contributed by atoms with Crippen LogP contribution in [0.25, 0.3) is 0 Å². The highest BCUT2D eigenvalue weighted by Gasteiger charge is 2.18. The Labute approximate surface area is 134 Å². The van der Waals surface area contributed by atoms with Crippen molar-refractivity contribution in [3.8, 4) is 0 Å². The van der Waals surface area contributed by atoms with Crippen LogP contribution >= 0.6 is 77.4 Å². The first-order chi connectivity index (χ1) is 7.59. The van der Waals surface area contributed by atoms with Gasteiger partial charge in [-0.25, -0.2) is 0 Å². The van der Waals surface area contributed by atoms with Gasteiger partial charge < -0.3 is 0 Å². The molecule has 16 heavy (non-hydrogen) atoms. The van der Waals surface area contributed by atoms with Gasteiger partial charge in [0.05, 0.1) is 5.38 Å². The largest absolute Gasteiger partial charge is 0.146 e. The molecule has 2 aromatic rings. The molecule has 0 nitrogen and oxygen atoms in total. The molecule has 0 N–H and O–H groups in total. The van der Waals surface area contributed by atoms with Gasteiger partial charge in [0.1, 0.15) is 0 Å². The maximum atomic E-state index is 6.50. The standard InChI is InChI=1S/C11H6Br2ClIS/c12-8-2-1-6(15)5-7(8)10(14)11-9(13)3-4-16-11/h1-5,10H. The topological polar surface area (TPSA) is 0 Å². The van der Waals surface area contributed by atoms with E-state index in [9.17, 15) is 0 Å². The average molecular weight is 492 g/mol. The minimum absolute atomic E-state index is 0.113. The second-order valence-electron chi connectivity index (χ2n) is 3.16. The summed E-state index contributed by atoms with van der Waals surface area (Å²) in [5.74, 6) is 0. The summed E-state index contributed by atoms with van der Waals surface area (Å²) >= 11 is 17.5. The van der Waals surface area contributed by atoms with Crippen LogP contribution in [0.2, 0.25) is 0 Å². The van der Waals surface area contributed by atoms with Crippen molar-refractivity contribution >= 4 is 77.4 Å². The first kappa shape index (κ1) is 13.3. The highest BCUT2D eigenvalue weighted by molar-refractivity contribution is 14.1. The van der Waals surface area contributed by atoms with E-state index < -0.39 is 0 Å². The van der Waals surface area contributed by atoms with E-state index in [0.29, 0.717) is 0 Å². The molecular weight excluding hydrogens is 486 g/mol. The fraction of sp³-hybridized carbons (Fsp3) is 0.0909. The zero-order valence-corrected chi connectivity index (χ0v) is 14.8. The molecule has 84 valence electrons. The van der Waals surface area contributed by atoms with E-state index in [0.717, 1.165) is 19.4 Å². The first-order valence-electron chi connectivity index (χ1n) is 4.41. The molecule has 2 rings (SSSR count). The lowest BCUT2D eigenvalue weighted by atomic mass is 10.1. The Kier molecular flexibility index (Phi) is 4.74. The molecular formula is C11H6Br2ClIS. The maximum absolute atomic E-state index is 6.50. The molecule has 1 aromatic heterocycles. The molecule has 0 aliphatic carbocycles. The third kappa shape index (κ3) is 2.83. The Morgan fingerprint density at radius 3 is 2.56 bits per heavy atom. The molecule has 0 radical (unpaired) electrons. The Morgan fingerprint density at radius 2 is 1.94 bits per heavy atom. The van der Waals surface area contributed by atoms with Gasteiger partial charge in [0.15, 0.2) is 0 Å². The summed E-state index contributed by atoms with van der Waals surface area (Å²) < 4.78 is 3.31. The van der Waals surface area contributed by atoms with E-state index in [4.69, 9.17) is 11.6 Å². The van der Waals surface area contributed by atoms with Gasteiger partial charge in [0.25, 0.3) is 0 Å². The SMILES string of the molecule is ClC(c1cc(I)ccc1Br)c1sccc1Br. The number of hydrogen-bond donors (Lipinski definition) is 0. The predicted octanol–water partition coefficient (Wildman–Crippen LogP) is 6.21. The minimum Gasteiger partial charge on any atom is -0.146 e. The number of hydrogen-bond acceptors (Lipinski definition) is 1. The summed E-state index contributed by atoms with van der Waals surface area (Å²) in [6.45, 7) is 0. The van der Waals surface area contributed by atoms with Gasteiger partial charge in [-0.05, 0) is 73.7 Å². The van der Waals surface area contributed by atoms with Crippen LogP contribution in [0.15, 0.2) is 38.6 Å². The maximum Gasteiger partial charge on any atom is 0.0950 e. The molecule has 1 atom stereocenters. The summed E-state index contributed by atoms with van der Waals surface area (Å²) in [6.07, 6.45) is 0. The van der Waals surface area contributed by atoms with Gasteiger partial charge >= 0.3 is 0 Å². The summed E-state index contributed by atoms with van der Waals surface area (Å²) in [5.41, 5.74) is 1.11. The number of benzene rings is 1. The molecule has 1 aromatic carbocycles. The second kappa shape index (κ2) is 5.69. The predicted molar refractivity (Wildman–Crippen MR) is 86.6 cm³/mol. The number of halogens is 4. The van der Waals surface area contributed by atoms with Crippen LogP contribution < -0.4 is 0 Å². The highest BCUT2D eigenvalue weighted by Crippen LogP contribution is 2.40. The van der Waals surface area contributed by atoms with Gasteiger partial charge in [-0.2, -0.15) is 0 Å². The smallest absolute Gasteiger partial charge is 0.0950 e. The van der Waals surface area contributed by atoms with Crippen molar-refractivity contribution in [1.82, 2.24) is 0 Å². The average Bonchev–Trinajstić information content (AvgIpc) is 2.67. The Bertz CT molecular complexity index is 512. The normalized spacial score (nSPS) is 12.8. The zero-order chi connectivity index (χ0) is 11.7. The van der Waals surface area contributed by atoms with Gasteiger partial charge in [-0.15, -0.1) is 22.9 Å².